The van der Waals surface area contributed by atoms with Gasteiger partial charge in [-0.1, -0.05) is 32.0 Å². The molecule has 3 rings (SSSR count). The van der Waals surface area contributed by atoms with Crippen molar-refractivity contribution < 1.29 is 18.3 Å². The van der Waals surface area contributed by atoms with Crippen molar-refractivity contribution in [2.24, 2.45) is 5.92 Å². The van der Waals surface area contributed by atoms with Gasteiger partial charge in [-0.25, -0.2) is 18.3 Å². The Morgan fingerprint density at radius 2 is 1.82 bits per heavy atom. The topological polar surface area (TPSA) is 59.4 Å². The molecule has 0 saturated heterocycles. The summed E-state index contributed by atoms with van der Waals surface area (Å²) in [5, 5.41) is 7.63. The summed E-state index contributed by atoms with van der Waals surface area (Å²) in [5.74, 6) is -1.16. The van der Waals surface area contributed by atoms with Crippen LogP contribution in [0.15, 0.2) is 48.5 Å². The number of hydrogen-bond donors (Lipinski definition) is 1. The fourth-order valence-electron chi connectivity index (χ4n) is 3.48. The maximum Gasteiger partial charge on any atom is 0.318 e. The summed E-state index contributed by atoms with van der Waals surface area (Å²) in [6.07, 6.45) is 0. The Labute approximate surface area is 199 Å². The first-order valence-electron chi connectivity index (χ1n) is 11.3. The summed E-state index contributed by atoms with van der Waals surface area (Å²) in [4.78, 5) is 14.8. The monoisotopic (exact) mass is 470 g/mol. The van der Waals surface area contributed by atoms with Crippen molar-refractivity contribution >= 4 is 6.03 Å². The molecule has 0 unspecified atom stereocenters. The predicted octanol–water partition coefficient (Wildman–Crippen LogP) is 6.22. The van der Waals surface area contributed by atoms with Crippen molar-refractivity contribution in [2.75, 3.05) is 6.54 Å². The van der Waals surface area contributed by atoms with Gasteiger partial charge in [0.05, 0.1) is 23.5 Å². The van der Waals surface area contributed by atoms with Crippen molar-refractivity contribution in [1.29, 1.82) is 0 Å². The molecule has 2 amide bonds. The van der Waals surface area contributed by atoms with Crippen molar-refractivity contribution in [3.8, 4) is 17.3 Å². The van der Waals surface area contributed by atoms with Gasteiger partial charge in [0.25, 0.3) is 0 Å². The van der Waals surface area contributed by atoms with E-state index in [9.17, 15) is 13.6 Å². The number of aromatic nitrogens is 2. The molecule has 3 aromatic rings. The minimum Gasteiger partial charge on any atom is -0.435 e. The molecule has 2 aromatic carbocycles. The quantitative estimate of drug-likeness (QED) is 0.446. The number of nitrogens with one attached hydrogen (secondary N) is 1. The number of urea groups is 1. The second kappa shape index (κ2) is 10.2. The van der Waals surface area contributed by atoms with Gasteiger partial charge in [-0.3, -0.25) is 0 Å². The SMILES string of the molecule is Cc1nn(-c2ccccc2)c(Oc2ccc(F)cc2F)c1CN(CC(C)C)C(=O)NC(C)(C)C. The number of halogens is 2. The highest BCUT2D eigenvalue weighted by molar-refractivity contribution is 5.75. The Bertz CT molecular complexity index is 1140. The first-order chi connectivity index (χ1) is 15.9. The van der Waals surface area contributed by atoms with Crippen LogP contribution in [0.3, 0.4) is 0 Å². The third-order valence-corrected chi connectivity index (χ3v) is 4.94. The minimum atomic E-state index is -0.825. The summed E-state index contributed by atoms with van der Waals surface area (Å²) in [7, 11) is 0. The van der Waals surface area contributed by atoms with Crippen molar-refractivity contribution in [3.63, 3.8) is 0 Å². The third kappa shape index (κ3) is 6.34. The average molecular weight is 471 g/mol. The van der Waals surface area contributed by atoms with Gasteiger partial charge in [0.15, 0.2) is 11.6 Å². The zero-order chi connectivity index (χ0) is 25.0. The number of para-hydroxylation sites is 1. The molecular weight excluding hydrogens is 438 g/mol. The van der Waals surface area contributed by atoms with E-state index in [1.54, 1.807) is 9.58 Å². The van der Waals surface area contributed by atoms with Crippen LogP contribution in [0.5, 0.6) is 11.6 Å². The van der Waals surface area contributed by atoms with E-state index in [1.807, 2.05) is 71.9 Å². The number of benzene rings is 2. The van der Waals surface area contributed by atoms with Gasteiger partial charge in [-0.05, 0) is 57.9 Å². The standard InChI is InChI=1S/C26H32F2N4O2/c1-17(2)15-31(25(33)29-26(4,5)6)16-21-18(3)30-32(20-10-8-7-9-11-20)24(21)34-23-13-12-19(27)14-22(23)28/h7-14,17H,15-16H2,1-6H3,(H,29,33). The number of carbonyl (C=O) groups is 1. The van der Waals surface area contributed by atoms with Crippen LogP contribution in [0.4, 0.5) is 13.6 Å². The highest BCUT2D eigenvalue weighted by Crippen LogP contribution is 2.33. The molecule has 0 aliphatic carbocycles. The predicted molar refractivity (Wildman–Crippen MR) is 128 cm³/mol. The second-order valence-electron chi connectivity index (χ2n) is 9.75. The van der Waals surface area contributed by atoms with Gasteiger partial charge in [-0.15, -0.1) is 0 Å². The molecule has 0 aliphatic heterocycles. The number of ether oxygens (including phenoxy) is 1. The lowest BCUT2D eigenvalue weighted by Crippen LogP contribution is -2.49. The third-order valence-electron chi connectivity index (χ3n) is 4.94. The number of rotatable bonds is 7. The molecule has 0 aliphatic rings. The first kappa shape index (κ1) is 25.2. The van der Waals surface area contributed by atoms with Crippen LogP contribution in [-0.2, 0) is 6.54 Å². The highest BCUT2D eigenvalue weighted by atomic mass is 19.1. The molecule has 1 aromatic heterocycles. The Morgan fingerprint density at radius 3 is 2.41 bits per heavy atom. The molecule has 0 atom stereocenters. The molecule has 8 heteroatoms. The molecule has 34 heavy (non-hydrogen) atoms. The van der Waals surface area contributed by atoms with Gasteiger partial charge in [0.1, 0.15) is 5.82 Å². The molecule has 1 heterocycles. The van der Waals surface area contributed by atoms with Crippen LogP contribution in [0.1, 0.15) is 45.9 Å². The zero-order valence-corrected chi connectivity index (χ0v) is 20.5. The molecule has 0 saturated carbocycles. The molecule has 0 radical (unpaired) electrons. The lowest BCUT2D eigenvalue weighted by atomic mass is 10.1. The summed E-state index contributed by atoms with van der Waals surface area (Å²) < 4.78 is 35.5. The van der Waals surface area contributed by atoms with E-state index in [-0.39, 0.29) is 30.1 Å². The fourth-order valence-corrected chi connectivity index (χ4v) is 3.48. The minimum absolute atomic E-state index is 0.130. The van der Waals surface area contributed by atoms with Crippen LogP contribution in [0.2, 0.25) is 0 Å². The maximum absolute atomic E-state index is 14.5. The zero-order valence-electron chi connectivity index (χ0n) is 20.5. The molecule has 1 N–H and O–H groups in total. The van der Waals surface area contributed by atoms with E-state index in [0.717, 1.165) is 12.1 Å². The van der Waals surface area contributed by atoms with E-state index in [4.69, 9.17) is 4.74 Å². The van der Waals surface area contributed by atoms with Gasteiger partial charge in [0.2, 0.25) is 5.88 Å². The molecule has 6 nitrogen and oxygen atoms in total. The number of nitrogens with zero attached hydrogens (tertiary/aromatic N) is 3. The molecule has 0 bridgehead atoms. The van der Waals surface area contributed by atoms with E-state index in [0.29, 0.717) is 23.5 Å². The van der Waals surface area contributed by atoms with Crippen LogP contribution in [0.25, 0.3) is 5.69 Å². The lowest BCUT2D eigenvalue weighted by molar-refractivity contribution is 0.178. The summed E-state index contributed by atoms with van der Waals surface area (Å²) in [5.41, 5.74) is 1.58. The van der Waals surface area contributed by atoms with E-state index in [1.165, 1.54) is 6.07 Å². The van der Waals surface area contributed by atoms with E-state index >= 15 is 0 Å². The number of amides is 2. The van der Waals surface area contributed by atoms with E-state index in [2.05, 4.69) is 10.4 Å². The van der Waals surface area contributed by atoms with Crippen LogP contribution in [-0.4, -0.2) is 32.8 Å². The maximum atomic E-state index is 14.5. The van der Waals surface area contributed by atoms with Crippen LogP contribution < -0.4 is 10.1 Å². The van der Waals surface area contributed by atoms with Gasteiger partial charge in [0, 0.05) is 18.2 Å². The fraction of sp³-hybridized carbons (Fsp3) is 0.385. The van der Waals surface area contributed by atoms with E-state index < -0.39 is 17.2 Å². The number of carbonyl (C=O) groups excluding carboxylic acids is 1. The average Bonchev–Trinajstić information content (AvgIpc) is 3.04. The van der Waals surface area contributed by atoms with Gasteiger partial charge < -0.3 is 15.0 Å². The Morgan fingerprint density at radius 1 is 1.15 bits per heavy atom. The Hall–Kier alpha value is -3.42. The van der Waals surface area contributed by atoms with Crippen LogP contribution in [0, 0.1) is 24.5 Å². The summed E-state index contributed by atoms with van der Waals surface area (Å²) >= 11 is 0. The first-order valence-corrected chi connectivity index (χ1v) is 11.3. The second-order valence-corrected chi connectivity index (χ2v) is 9.75. The summed E-state index contributed by atoms with van der Waals surface area (Å²) in [6.45, 7) is 12.3. The molecule has 0 spiro atoms. The lowest BCUT2D eigenvalue weighted by Gasteiger charge is -2.29. The Kier molecular flexibility index (Phi) is 7.59. The highest BCUT2D eigenvalue weighted by Gasteiger charge is 2.26. The number of hydrogen-bond acceptors (Lipinski definition) is 3. The normalized spacial score (nSPS) is 11.6. The molecule has 182 valence electrons. The molecular formula is C26H32F2N4O2. The van der Waals surface area contributed by atoms with Gasteiger partial charge in [-0.2, -0.15) is 5.10 Å². The smallest absolute Gasteiger partial charge is 0.318 e. The van der Waals surface area contributed by atoms with Crippen molar-refractivity contribution in [3.05, 3.63) is 71.4 Å². The Balaban J connectivity index is 2.07. The van der Waals surface area contributed by atoms with Crippen LogP contribution >= 0.6 is 0 Å². The largest absolute Gasteiger partial charge is 0.435 e. The van der Waals surface area contributed by atoms with Gasteiger partial charge >= 0.3 is 6.03 Å². The van der Waals surface area contributed by atoms with Crippen molar-refractivity contribution in [1.82, 2.24) is 20.0 Å². The molecule has 0 fully saturated rings. The summed E-state index contributed by atoms with van der Waals surface area (Å²) in [6, 6.07) is 12.2. The number of aryl methyl sites for hydroxylation is 1. The van der Waals surface area contributed by atoms with Crippen molar-refractivity contribution in [2.45, 2.75) is 53.6 Å².